The van der Waals surface area contributed by atoms with Gasteiger partial charge in [0.1, 0.15) is 0 Å². The van der Waals surface area contributed by atoms with Gasteiger partial charge in [-0.3, -0.25) is 0 Å². The van der Waals surface area contributed by atoms with E-state index < -0.39 is 0 Å². The molecule has 0 spiro atoms. The molecule has 0 radical (unpaired) electrons. The lowest BCUT2D eigenvalue weighted by atomic mass is 10.2. The molecule has 0 aliphatic rings. The highest BCUT2D eigenvalue weighted by Crippen LogP contribution is 2.15. The van der Waals surface area contributed by atoms with Crippen molar-refractivity contribution >= 4 is 11.0 Å². The summed E-state index contributed by atoms with van der Waals surface area (Å²) in [4.78, 5) is 4.29. The molecule has 0 aliphatic carbocycles. The largest absolute Gasteiger partial charge is 0.330 e. The fourth-order valence-electron chi connectivity index (χ4n) is 1.67. The van der Waals surface area contributed by atoms with Gasteiger partial charge in [0.25, 0.3) is 0 Å². The van der Waals surface area contributed by atoms with E-state index in [2.05, 4.69) is 29.5 Å². The van der Waals surface area contributed by atoms with Crippen molar-refractivity contribution in [3.8, 4) is 6.07 Å². The Hall–Kier alpha value is -1.82. The van der Waals surface area contributed by atoms with Crippen LogP contribution in [0.5, 0.6) is 0 Å². The summed E-state index contributed by atoms with van der Waals surface area (Å²) >= 11 is 0. The highest BCUT2D eigenvalue weighted by atomic mass is 15.0. The molecule has 3 nitrogen and oxygen atoms in total. The summed E-state index contributed by atoms with van der Waals surface area (Å²) in [7, 11) is 0. The Morgan fingerprint density at radius 1 is 1.47 bits per heavy atom. The van der Waals surface area contributed by atoms with Crippen LogP contribution >= 0.6 is 0 Å². The Labute approximate surface area is 89.0 Å². The van der Waals surface area contributed by atoms with Crippen molar-refractivity contribution in [3.05, 3.63) is 30.1 Å². The summed E-state index contributed by atoms with van der Waals surface area (Å²) in [5.74, 6) is 0.595. The molecule has 2 aromatic rings. The standard InChI is InChI=1S/C12H13N3/c1-9(2)7-15-8-14-11-5-10(6-13)3-4-12(11)15/h3-5,8-9H,7H2,1-2H3. The summed E-state index contributed by atoms with van der Waals surface area (Å²) < 4.78 is 2.13. The number of imidazole rings is 1. The molecule has 0 aliphatic heterocycles. The minimum Gasteiger partial charge on any atom is -0.330 e. The SMILES string of the molecule is CC(C)Cn1cnc2cc(C#N)ccc21. The van der Waals surface area contributed by atoms with Crippen LogP contribution in [-0.2, 0) is 6.54 Å². The molecule has 1 heterocycles. The van der Waals surface area contributed by atoms with Gasteiger partial charge < -0.3 is 4.57 Å². The number of hydrogen-bond donors (Lipinski definition) is 0. The van der Waals surface area contributed by atoms with E-state index in [4.69, 9.17) is 5.26 Å². The molecular formula is C12H13N3. The second kappa shape index (κ2) is 3.74. The molecule has 3 heteroatoms. The maximum Gasteiger partial charge on any atom is 0.0992 e. The van der Waals surface area contributed by atoms with Crippen LogP contribution in [0.4, 0.5) is 0 Å². The minimum absolute atomic E-state index is 0.595. The van der Waals surface area contributed by atoms with Crippen molar-refractivity contribution in [1.82, 2.24) is 9.55 Å². The van der Waals surface area contributed by atoms with E-state index in [-0.39, 0.29) is 0 Å². The predicted molar refractivity (Wildman–Crippen MR) is 59.3 cm³/mol. The van der Waals surface area contributed by atoms with Crippen LogP contribution < -0.4 is 0 Å². The minimum atomic E-state index is 0.595. The van der Waals surface area contributed by atoms with E-state index in [1.807, 2.05) is 24.5 Å². The second-order valence-corrected chi connectivity index (χ2v) is 4.11. The van der Waals surface area contributed by atoms with Gasteiger partial charge in [-0.2, -0.15) is 5.26 Å². The van der Waals surface area contributed by atoms with Crippen molar-refractivity contribution in [2.75, 3.05) is 0 Å². The molecule has 76 valence electrons. The summed E-state index contributed by atoms with van der Waals surface area (Å²) in [5, 5.41) is 8.76. The van der Waals surface area contributed by atoms with E-state index >= 15 is 0 Å². The van der Waals surface area contributed by atoms with Gasteiger partial charge in [0, 0.05) is 6.54 Å². The predicted octanol–water partition coefficient (Wildman–Crippen LogP) is 2.56. The topological polar surface area (TPSA) is 41.6 Å². The third kappa shape index (κ3) is 1.84. The number of benzene rings is 1. The first-order valence-electron chi connectivity index (χ1n) is 5.05. The van der Waals surface area contributed by atoms with Crippen LogP contribution in [0.25, 0.3) is 11.0 Å². The fourth-order valence-corrected chi connectivity index (χ4v) is 1.67. The Morgan fingerprint density at radius 3 is 2.93 bits per heavy atom. The Bertz CT molecular complexity index is 517. The van der Waals surface area contributed by atoms with Crippen LogP contribution in [0, 0.1) is 17.2 Å². The lowest BCUT2D eigenvalue weighted by Crippen LogP contribution is -2.02. The number of nitrogens with zero attached hydrogens (tertiary/aromatic N) is 3. The van der Waals surface area contributed by atoms with Crippen LogP contribution in [0.1, 0.15) is 19.4 Å². The molecule has 0 saturated carbocycles. The highest BCUT2D eigenvalue weighted by Gasteiger charge is 2.04. The quantitative estimate of drug-likeness (QED) is 0.745. The van der Waals surface area contributed by atoms with E-state index in [9.17, 15) is 0 Å². The zero-order valence-corrected chi connectivity index (χ0v) is 8.94. The van der Waals surface area contributed by atoms with Gasteiger partial charge in [0.2, 0.25) is 0 Å². The number of nitriles is 1. The molecule has 0 unspecified atom stereocenters. The van der Waals surface area contributed by atoms with Crippen LogP contribution in [0.15, 0.2) is 24.5 Å². The molecule has 0 bridgehead atoms. The molecule has 2 rings (SSSR count). The average Bonchev–Trinajstić information content (AvgIpc) is 2.60. The van der Waals surface area contributed by atoms with Crippen molar-refractivity contribution in [1.29, 1.82) is 5.26 Å². The molecular weight excluding hydrogens is 186 g/mol. The monoisotopic (exact) mass is 199 g/mol. The van der Waals surface area contributed by atoms with Crippen molar-refractivity contribution in [2.45, 2.75) is 20.4 Å². The molecule has 0 fully saturated rings. The van der Waals surface area contributed by atoms with E-state index in [1.54, 1.807) is 0 Å². The smallest absolute Gasteiger partial charge is 0.0992 e. The second-order valence-electron chi connectivity index (χ2n) is 4.11. The van der Waals surface area contributed by atoms with Gasteiger partial charge in [0.15, 0.2) is 0 Å². The summed E-state index contributed by atoms with van der Waals surface area (Å²) in [6, 6.07) is 7.74. The summed E-state index contributed by atoms with van der Waals surface area (Å²) in [5.41, 5.74) is 2.66. The molecule has 1 aromatic carbocycles. The van der Waals surface area contributed by atoms with Gasteiger partial charge in [-0.05, 0) is 24.1 Å². The van der Waals surface area contributed by atoms with E-state index in [0.29, 0.717) is 11.5 Å². The maximum atomic E-state index is 8.76. The van der Waals surface area contributed by atoms with Gasteiger partial charge in [-0.25, -0.2) is 4.98 Å². The third-order valence-corrected chi connectivity index (χ3v) is 2.31. The fraction of sp³-hybridized carbons (Fsp3) is 0.333. The zero-order chi connectivity index (χ0) is 10.8. The number of hydrogen-bond acceptors (Lipinski definition) is 2. The van der Waals surface area contributed by atoms with Crippen LogP contribution in [0.2, 0.25) is 0 Å². The molecule has 0 amide bonds. The first kappa shape index (κ1) is 9.72. The summed E-state index contributed by atoms with van der Waals surface area (Å²) in [6.07, 6.45) is 1.84. The average molecular weight is 199 g/mol. The maximum absolute atomic E-state index is 8.76. The third-order valence-electron chi connectivity index (χ3n) is 2.31. The van der Waals surface area contributed by atoms with Gasteiger partial charge >= 0.3 is 0 Å². The molecule has 0 N–H and O–H groups in total. The number of fused-ring (bicyclic) bond motifs is 1. The first-order chi connectivity index (χ1) is 7.20. The Balaban J connectivity index is 2.48. The van der Waals surface area contributed by atoms with Crippen LogP contribution in [-0.4, -0.2) is 9.55 Å². The van der Waals surface area contributed by atoms with Crippen molar-refractivity contribution < 1.29 is 0 Å². The van der Waals surface area contributed by atoms with Crippen molar-refractivity contribution in [2.24, 2.45) is 5.92 Å². The highest BCUT2D eigenvalue weighted by molar-refractivity contribution is 5.76. The number of rotatable bonds is 2. The molecule has 0 saturated heterocycles. The van der Waals surface area contributed by atoms with Crippen LogP contribution in [0.3, 0.4) is 0 Å². The molecule has 1 aromatic heterocycles. The Kier molecular flexibility index (Phi) is 2.42. The van der Waals surface area contributed by atoms with Gasteiger partial charge in [0.05, 0.1) is 29.0 Å². The summed E-state index contributed by atoms with van der Waals surface area (Å²) in [6.45, 7) is 5.31. The van der Waals surface area contributed by atoms with E-state index in [0.717, 1.165) is 17.6 Å². The van der Waals surface area contributed by atoms with Gasteiger partial charge in [-0.1, -0.05) is 13.8 Å². The normalized spacial score (nSPS) is 10.8. The lowest BCUT2D eigenvalue weighted by molar-refractivity contribution is 0.533. The zero-order valence-electron chi connectivity index (χ0n) is 8.94. The Morgan fingerprint density at radius 2 is 2.27 bits per heavy atom. The first-order valence-corrected chi connectivity index (χ1v) is 5.05. The molecule has 15 heavy (non-hydrogen) atoms. The molecule has 0 atom stereocenters. The number of aromatic nitrogens is 2. The van der Waals surface area contributed by atoms with E-state index in [1.165, 1.54) is 0 Å². The lowest BCUT2D eigenvalue weighted by Gasteiger charge is -2.06. The van der Waals surface area contributed by atoms with Crippen molar-refractivity contribution in [3.63, 3.8) is 0 Å². The van der Waals surface area contributed by atoms with Gasteiger partial charge in [-0.15, -0.1) is 0 Å².